The Hall–Kier alpha value is -1.95. The van der Waals surface area contributed by atoms with Crippen LogP contribution in [0.5, 0.6) is 5.75 Å². The first-order valence-corrected chi connectivity index (χ1v) is 7.33. The summed E-state index contributed by atoms with van der Waals surface area (Å²) in [7, 11) is 0. The summed E-state index contributed by atoms with van der Waals surface area (Å²) >= 11 is 6.20. The molecule has 21 heavy (non-hydrogen) atoms. The van der Waals surface area contributed by atoms with Crippen molar-refractivity contribution >= 4 is 11.6 Å². The maximum atomic E-state index is 6.20. The lowest BCUT2D eigenvalue weighted by molar-refractivity contribution is 0.370. The normalized spacial score (nSPS) is 9.81. The Morgan fingerprint density at radius 3 is 2.67 bits per heavy atom. The molecule has 2 nitrogen and oxygen atoms in total. The highest BCUT2D eigenvalue weighted by Gasteiger charge is 2.02. The lowest BCUT2D eigenvalue weighted by atomic mass is 10.2. The van der Waals surface area contributed by atoms with Crippen LogP contribution in [-0.2, 0) is 6.54 Å². The first-order valence-electron chi connectivity index (χ1n) is 6.95. The molecule has 0 heterocycles. The van der Waals surface area contributed by atoms with Crippen molar-refractivity contribution in [2.75, 3.05) is 13.2 Å². The van der Waals surface area contributed by atoms with Gasteiger partial charge in [-0.1, -0.05) is 54.6 Å². The molecule has 2 aromatic carbocycles. The molecule has 0 saturated heterocycles. The minimum absolute atomic E-state index is 0.321. The number of hydrogen-bond acceptors (Lipinski definition) is 2. The van der Waals surface area contributed by atoms with E-state index in [1.807, 2.05) is 48.5 Å². The van der Waals surface area contributed by atoms with Crippen molar-refractivity contribution in [2.45, 2.75) is 13.5 Å². The van der Waals surface area contributed by atoms with Crippen molar-refractivity contribution in [3.8, 4) is 17.6 Å². The zero-order valence-corrected chi connectivity index (χ0v) is 12.8. The first-order chi connectivity index (χ1) is 10.3. The highest BCUT2D eigenvalue weighted by atomic mass is 35.5. The Balaban J connectivity index is 1.90. The number of rotatable bonds is 5. The molecule has 108 valence electrons. The third-order valence-electron chi connectivity index (χ3n) is 2.88. The van der Waals surface area contributed by atoms with E-state index in [2.05, 4.69) is 24.1 Å². The fraction of sp³-hybridized carbons (Fsp3) is 0.222. The molecule has 3 heteroatoms. The van der Waals surface area contributed by atoms with Crippen LogP contribution in [0.25, 0.3) is 0 Å². The van der Waals surface area contributed by atoms with Crippen molar-refractivity contribution < 1.29 is 4.74 Å². The van der Waals surface area contributed by atoms with Gasteiger partial charge < -0.3 is 10.1 Å². The molecule has 0 atom stereocenters. The lowest BCUT2D eigenvalue weighted by Gasteiger charge is -2.07. The van der Waals surface area contributed by atoms with Crippen LogP contribution in [0.1, 0.15) is 18.1 Å². The lowest BCUT2D eigenvalue weighted by Crippen LogP contribution is -2.11. The third kappa shape index (κ3) is 5.15. The molecule has 1 N–H and O–H groups in total. The topological polar surface area (TPSA) is 21.3 Å². The van der Waals surface area contributed by atoms with Crippen LogP contribution in [-0.4, -0.2) is 13.2 Å². The van der Waals surface area contributed by atoms with Gasteiger partial charge in [0, 0.05) is 12.1 Å². The molecule has 0 aliphatic heterocycles. The molecule has 0 aliphatic carbocycles. The number of hydrogen-bond donors (Lipinski definition) is 1. The van der Waals surface area contributed by atoms with Crippen LogP contribution in [0, 0.1) is 11.8 Å². The van der Waals surface area contributed by atoms with Gasteiger partial charge in [0.15, 0.2) is 0 Å². The van der Waals surface area contributed by atoms with Crippen molar-refractivity contribution in [3.63, 3.8) is 0 Å². The number of ether oxygens (including phenoxy) is 1. The van der Waals surface area contributed by atoms with Crippen LogP contribution in [0.2, 0.25) is 5.02 Å². The second kappa shape index (κ2) is 8.36. The third-order valence-corrected chi connectivity index (χ3v) is 3.18. The van der Waals surface area contributed by atoms with Gasteiger partial charge in [-0.25, -0.2) is 0 Å². The first kappa shape index (κ1) is 15.4. The van der Waals surface area contributed by atoms with E-state index in [-0.39, 0.29) is 0 Å². The fourth-order valence-corrected chi connectivity index (χ4v) is 2.07. The average molecular weight is 300 g/mol. The summed E-state index contributed by atoms with van der Waals surface area (Å²) in [6.45, 7) is 4.14. The van der Waals surface area contributed by atoms with Crippen LogP contribution < -0.4 is 10.1 Å². The van der Waals surface area contributed by atoms with E-state index >= 15 is 0 Å². The van der Waals surface area contributed by atoms with Crippen molar-refractivity contribution in [1.82, 2.24) is 5.32 Å². The van der Waals surface area contributed by atoms with Gasteiger partial charge in [-0.3, -0.25) is 0 Å². The summed E-state index contributed by atoms with van der Waals surface area (Å²) in [6, 6.07) is 15.6. The summed E-state index contributed by atoms with van der Waals surface area (Å²) in [5, 5.41) is 3.88. The van der Waals surface area contributed by atoms with Gasteiger partial charge in [0.1, 0.15) is 12.4 Å². The Labute approximate surface area is 131 Å². The zero-order chi connectivity index (χ0) is 14.9. The molecule has 2 rings (SSSR count). The summed E-state index contributed by atoms with van der Waals surface area (Å²) in [4.78, 5) is 0. The van der Waals surface area contributed by atoms with Crippen molar-refractivity contribution in [1.29, 1.82) is 0 Å². The number of nitrogens with one attached hydrogen (secondary N) is 1. The van der Waals surface area contributed by atoms with E-state index in [1.165, 1.54) is 0 Å². The largest absolute Gasteiger partial charge is 0.479 e. The smallest absolute Gasteiger partial charge is 0.149 e. The molecule has 0 spiro atoms. The molecular weight excluding hydrogens is 282 g/mol. The quantitative estimate of drug-likeness (QED) is 0.846. The molecule has 0 radical (unpaired) electrons. The summed E-state index contributed by atoms with van der Waals surface area (Å²) in [5.41, 5.74) is 2.12. The number of benzene rings is 2. The zero-order valence-electron chi connectivity index (χ0n) is 12.0. The van der Waals surface area contributed by atoms with Crippen LogP contribution in [0.3, 0.4) is 0 Å². The Bertz CT molecular complexity index is 629. The van der Waals surface area contributed by atoms with Gasteiger partial charge in [0.2, 0.25) is 0 Å². The van der Waals surface area contributed by atoms with Crippen LogP contribution >= 0.6 is 11.6 Å². The van der Waals surface area contributed by atoms with Crippen molar-refractivity contribution in [3.05, 3.63) is 64.7 Å². The van der Waals surface area contributed by atoms with Gasteiger partial charge in [0.25, 0.3) is 0 Å². The Morgan fingerprint density at radius 1 is 1.14 bits per heavy atom. The highest BCUT2D eigenvalue weighted by Crippen LogP contribution is 2.25. The van der Waals surface area contributed by atoms with Gasteiger partial charge >= 0.3 is 0 Å². The second-order valence-corrected chi connectivity index (χ2v) is 4.91. The molecule has 0 aromatic heterocycles. The highest BCUT2D eigenvalue weighted by molar-refractivity contribution is 6.32. The maximum absolute atomic E-state index is 6.20. The molecular formula is C18H18ClNO. The minimum atomic E-state index is 0.321. The number of halogens is 1. The molecule has 0 bridgehead atoms. The van der Waals surface area contributed by atoms with Gasteiger partial charge in [-0.2, -0.15) is 0 Å². The standard InChI is InChI=1S/C18H18ClNO/c1-2-20-14-16-10-11-18(17(19)13-16)21-12-6-9-15-7-4-3-5-8-15/h3-5,7-8,10-11,13,20H,2,12,14H2,1H3. The molecule has 2 aromatic rings. The van der Waals surface area contributed by atoms with E-state index in [1.54, 1.807) is 0 Å². The SMILES string of the molecule is CCNCc1ccc(OCC#Cc2ccccc2)c(Cl)c1. The molecule has 0 unspecified atom stereocenters. The Morgan fingerprint density at radius 2 is 1.95 bits per heavy atom. The van der Waals surface area contributed by atoms with E-state index in [0.717, 1.165) is 24.2 Å². The van der Waals surface area contributed by atoms with E-state index in [9.17, 15) is 0 Å². The summed E-state index contributed by atoms with van der Waals surface area (Å²) in [5.74, 6) is 6.69. The predicted molar refractivity (Wildman–Crippen MR) is 87.6 cm³/mol. The molecule has 0 aliphatic rings. The average Bonchev–Trinajstić information content (AvgIpc) is 2.52. The van der Waals surface area contributed by atoms with Crippen LogP contribution in [0.4, 0.5) is 0 Å². The summed E-state index contributed by atoms with van der Waals surface area (Å²) in [6.07, 6.45) is 0. The molecule has 0 fully saturated rings. The van der Waals surface area contributed by atoms with E-state index in [4.69, 9.17) is 16.3 Å². The molecule has 0 saturated carbocycles. The van der Waals surface area contributed by atoms with Gasteiger partial charge in [-0.05, 0) is 36.4 Å². The molecule has 0 amide bonds. The second-order valence-electron chi connectivity index (χ2n) is 4.50. The predicted octanol–water partition coefficient (Wildman–Crippen LogP) is 3.88. The van der Waals surface area contributed by atoms with Gasteiger partial charge in [0.05, 0.1) is 5.02 Å². The van der Waals surface area contributed by atoms with Crippen LogP contribution in [0.15, 0.2) is 48.5 Å². The maximum Gasteiger partial charge on any atom is 0.149 e. The van der Waals surface area contributed by atoms with E-state index < -0.39 is 0 Å². The Kier molecular flexibility index (Phi) is 6.15. The minimum Gasteiger partial charge on any atom is -0.479 e. The fourth-order valence-electron chi connectivity index (χ4n) is 1.81. The summed E-state index contributed by atoms with van der Waals surface area (Å²) < 4.78 is 5.59. The van der Waals surface area contributed by atoms with Crippen molar-refractivity contribution in [2.24, 2.45) is 0 Å². The monoisotopic (exact) mass is 299 g/mol. The van der Waals surface area contributed by atoms with E-state index in [0.29, 0.717) is 17.4 Å². The van der Waals surface area contributed by atoms with Gasteiger partial charge in [-0.15, -0.1) is 0 Å².